The second kappa shape index (κ2) is 4.65. The van der Waals surface area contributed by atoms with Gasteiger partial charge in [0.2, 0.25) is 0 Å². The summed E-state index contributed by atoms with van der Waals surface area (Å²) in [5, 5.41) is 3.27. The highest BCUT2D eigenvalue weighted by atomic mass is 19.4. The number of rotatable bonds is 3. The van der Waals surface area contributed by atoms with Crippen LogP contribution >= 0.6 is 0 Å². The third-order valence-corrected chi connectivity index (χ3v) is 2.53. The van der Waals surface area contributed by atoms with Crippen molar-refractivity contribution in [2.24, 2.45) is 5.73 Å². The molecule has 0 saturated carbocycles. The van der Waals surface area contributed by atoms with Crippen molar-refractivity contribution in [2.75, 3.05) is 0 Å². The van der Waals surface area contributed by atoms with Gasteiger partial charge in [0.1, 0.15) is 6.04 Å². The highest BCUT2D eigenvalue weighted by Crippen LogP contribution is 2.29. The van der Waals surface area contributed by atoms with E-state index in [2.05, 4.69) is 19.6 Å². The zero-order valence-electron chi connectivity index (χ0n) is 10.2. The van der Waals surface area contributed by atoms with Gasteiger partial charge in [-0.25, -0.2) is 4.98 Å². The van der Waals surface area contributed by atoms with Crippen molar-refractivity contribution in [1.82, 2.24) is 19.7 Å². The first-order valence-electron chi connectivity index (χ1n) is 5.48. The highest BCUT2D eigenvalue weighted by Gasteiger charge is 2.39. The first-order valence-corrected chi connectivity index (χ1v) is 5.48. The smallest absolute Gasteiger partial charge is 0.330 e. The van der Waals surface area contributed by atoms with Crippen LogP contribution in [-0.2, 0) is 6.18 Å². The number of halogens is 3. The summed E-state index contributed by atoms with van der Waals surface area (Å²) in [5.41, 5.74) is 6.36. The molecule has 104 valence electrons. The molecule has 0 fully saturated rings. The Morgan fingerprint density at radius 2 is 2.05 bits per heavy atom. The highest BCUT2D eigenvalue weighted by molar-refractivity contribution is 5.15. The quantitative estimate of drug-likeness (QED) is 0.925. The molecule has 0 amide bonds. The molecule has 0 aromatic carbocycles. The molecule has 2 aromatic rings. The van der Waals surface area contributed by atoms with Crippen LogP contribution in [-0.4, -0.2) is 19.7 Å². The minimum absolute atomic E-state index is 0.0672. The molecule has 0 aliphatic heterocycles. The van der Waals surface area contributed by atoms with Gasteiger partial charge in [0, 0.05) is 6.04 Å². The molecule has 2 rings (SSSR count). The largest absolute Gasteiger partial charge is 0.471 e. The maximum absolute atomic E-state index is 12.4. The molecule has 1 atom stereocenters. The van der Waals surface area contributed by atoms with Crippen LogP contribution in [0.1, 0.15) is 43.3 Å². The van der Waals surface area contributed by atoms with Gasteiger partial charge >= 0.3 is 12.1 Å². The van der Waals surface area contributed by atoms with E-state index >= 15 is 0 Å². The minimum Gasteiger partial charge on any atom is -0.330 e. The minimum atomic E-state index is -4.68. The van der Waals surface area contributed by atoms with Crippen molar-refractivity contribution in [2.45, 2.75) is 32.1 Å². The molecule has 6 nitrogen and oxygen atoms in total. The Kier molecular flexibility index (Phi) is 3.31. The maximum Gasteiger partial charge on any atom is 0.471 e. The predicted octanol–water partition coefficient (Wildman–Crippen LogP) is 1.91. The van der Waals surface area contributed by atoms with Crippen LogP contribution in [0.25, 0.3) is 0 Å². The lowest BCUT2D eigenvalue weighted by molar-refractivity contribution is -0.159. The Morgan fingerprint density at radius 3 is 2.58 bits per heavy atom. The van der Waals surface area contributed by atoms with E-state index in [1.807, 2.05) is 13.8 Å². The van der Waals surface area contributed by atoms with Crippen molar-refractivity contribution in [3.05, 3.63) is 29.9 Å². The van der Waals surface area contributed by atoms with Crippen molar-refractivity contribution >= 4 is 0 Å². The predicted molar refractivity (Wildman–Crippen MR) is 57.9 cm³/mol. The third kappa shape index (κ3) is 2.60. The summed E-state index contributed by atoms with van der Waals surface area (Å²) in [5.74, 6) is -1.64. The van der Waals surface area contributed by atoms with Gasteiger partial charge in [-0.15, -0.1) is 0 Å². The summed E-state index contributed by atoms with van der Waals surface area (Å²) in [6.07, 6.45) is -1.66. The molecular weight excluding hydrogens is 263 g/mol. The van der Waals surface area contributed by atoms with Crippen LogP contribution in [0.2, 0.25) is 0 Å². The number of hydrogen-bond donors (Lipinski definition) is 1. The molecule has 0 aliphatic carbocycles. The number of hydrogen-bond acceptors (Lipinski definition) is 5. The molecule has 2 heterocycles. The zero-order chi connectivity index (χ0) is 14.2. The van der Waals surface area contributed by atoms with Gasteiger partial charge in [0.25, 0.3) is 0 Å². The fourth-order valence-electron chi connectivity index (χ4n) is 1.60. The number of alkyl halides is 3. The second-order valence-corrected chi connectivity index (χ2v) is 4.25. The molecule has 9 heteroatoms. The number of nitrogens with two attached hydrogens (primary N) is 1. The molecule has 0 saturated heterocycles. The van der Waals surface area contributed by atoms with Crippen LogP contribution < -0.4 is 5.73 Å². The molecule has 2 aromatic heterocycles. The average molecular weight is 275 g/mol. The van der Waals surface area contributed by atoms with E-state index in [4.69, 9.17) is 5.73 Å². The van der Waals surface area contributed by atoms with E-state index in [1.165, 1.54) is 6.20 Å². The summed E-state index contributed by atoms with van der Waals surface area (Å²) in [6.45, 7) is 3.80. The van der Waals surface area contributed by atoms with Crippen molar-refractivity contribution in [3.8, 4) is 0 Å². The summed E-state index contributed by atoms with van der Waals surface area (Å²) in [6, 6.07) is -0.859. The molecule has 0 bridgehead atoms. The Morgan fingerprint density at radius 1 is 1.37 bits per heavy atom. The summed E-state index contributed by atoms with van der Waals surface area (Å²) in [4.78, 5) is 7.19. The van der Waals surface area contributed by atoms with Crippen molar-refractivity contribution in [1.29, 1.82) is 0 Å². The lowest BCUT2D eigenvalue weighted by Gasteiger charge is -2.14. The van der Waals surface area contributed by atoms with Gasteiger partial charge in [0.05, 0.1) is 18.2 Å². The molecule has 19 heavy (non-hydrogen) atoms. The lowest BCUT2D eigenvalue weighted by Crippen LogP contribution is -2.19. The fraction of sp³-hybridized carbons (Fsp3) is 0.500. The lowest BCUT2D eigenvalue weighted by atomic mass is 10.2. The number of nitrogens with zero attached hydrogens (tertiary/aromatic N) is 4. The molecular formula is C10H12F3N5O. The molecule has 0 aliphatic rings. The van der Waals surface area contributed by atoms with E-state index in [0.717, 1.165) is 0 Å². The van der Waals surface area contributed by atoms with Gasteiger partial charge in [-0.1, -0.05) is 5.16 Å². The van der Waals surface area contributed by atoms with Crippen LogP contribution in [0.15, 0.2) is 17.0 Å². The van der Waals surface area contributed by atoms with Gasteiger partial charge in [-0.2, -0.15) is 18.2 Å². The monoisotopic (exact) mass is 275 g/mol. The normalized spacial score (nSPS) is 14.1. The van der Waals surface area contributed by atoms with Crippen LogP contribution in [0.5, 0.6) is 0 Å². The number of imidazole rings is 1. The Balaban J connectivity index is 2.31. The SMILES string of the molecule is CC(C)n1cncc1C(N)c1noc(C(F)(F)F)n1. The maximum atomic E-state index is 12.4. The molecule has 2 N–H and O–H groups in total. The van der Waals surface area contributed by atoms with Crippen molar-refractivity contribution in [3.63, 3.8) is 0 Å². The van der Waals surface area contributed by atoms with Gasteiger partial charge < -0.3 is 14.8 Å². The summed E-state index contributed by atoms with van der Waals surface area (Å²) in [7, 11) is 0. The first-order chi connectivity index (χ1) is 8.80. The topological polar surface area (TPSA) is 82.8 Å². The Bertz CT molecular complexity index is 560. The van der Waals surface area contributed by atoms with E-state index < -0.39 is 18.1 Å². The van der Waals surface area contributed by atoms with Crippen LogP contribution in [0, 0.1) is 0 Å². The number of aromatic nitrogens is 4. The van der Waals surface area contributed by atoms with Crippen molar-refractivity contribution < 1.29 is 17.7 Å². The van der Waals surface area contributed by atoms with E-state index in [0.29, 0.717) is 5.69 Å². The van der Waals surface area contributed by atoms with E-state index in [9.17, 15) is 13.2 Å². The van der Waals surface area contributed by atoms with Gasteiger partial charge in [-0.3, -0.25) is 0 Å². The summed E-state index contributed by atoms with van der Waals surface area (Å²) < 4.78 is 43.0. The standard InChI is InChI=1S/C10H12F3N5O/c1-5(2)18-4-15-3-6(18)7(14)8-16-9(19-17-8)10(11,12)13/h3-5,7H,14H2,1-2H3. The van der Waals surface area contributed by atoms with E-state index in [1.54, 1.807) is 10.9 Å². The molecule has 0 radical (unpaired) electrons. The van der Waals surface area contributed by atoms with Crippen LogP contribution in [0.3, 0.4) is 0 Å². The van der Waals surface area contributed by atoms with Gasteiger partial charge in [0.15, 0.2) is 5.82 Å². The summed E-state index contributed by atoms with van der Waals surface area (Å²) >= 11 is 0. The first kappa shape index (κ1) is 13.5. The molecule has 1 unspecified atom stereocenters. The second-order valence-electron chi connectivity index (χ2n) is 4.25. The Labute approximate surface area is 106 Å². The average Bonchev–Trinajstić information content (AvgIpc) is 2.96. The zero-order valence-corrected chi connectivity index (χ0v) is 10.2. The third-order valence-electron chi connectivity index (χ3n) is 2.53. The van der Waals surface area contributed by atoms with Crippen LogP contribution in [0.4, 0.5) is 13.2 Å². The van der Waals surface area contributed by atoms with E-state index in [-0.39, 0.29) is 11.9 Å². The fourth-order valence-corrected chi connectivity index (χ4v) is 1.60. The van der Waals surface area contributed by atoms with Gasteiger partial charge in [-0.05, 0) is 13.8 Å². The Hall–Kier alpha value is -1.90. The molecule has 0 spiro atoms.